The van der Waals surface area contributed by atoms with Gasteiger partial charge in [-0.1, -0.05) is 29.3 Å². The molecule has 4 N–H and O–H groups in total. The minimum atomic E-state index is -0.111. The van der Waals surface area contributed by atoms with Crippen molar-refractivity contribution < 1.29 is 18.7 Å². The summed E-state index contributed by atoms with van der Waals surface area (Å²) in [6.45, 7) is 3.93. The number of nitrogens with two attached hydrogens (primary N) is 1. The summed E-state index contributed by atoms with van der Waals surface area (Å²) >= 11 is 12.0. The Morgan fingerprint density at radius 1 is 1.02 bits per heavy atom. The van der Waals surface area contributed by atoms with Crippen molar-refractivity contribution in [2.45, 2.75) is 0 Å². The van der Waals surface area contributed by atoms with Crippen molar-refractivity contribution in [2.75, 3.05) is 69.4 Å². The first kappa shape index (κ1) is 29.1. The van der Waals surface area contributed by atoms with Crippen molar-refractivity contribution in [3.8, 4) is 11.5 Å². The predicted molar refractivity (Wildman–Crippen MR) is 164 cm³/mol. The Labute approximate surface area is 252 Å². The third-order valence-corrected chi connectivity index (χ3v) is 7.31. The van der Waals surface area contributed by atoms with Gasteiger partial charge >= 0.3 is 0 Å². The second kappa shape index (κ2) is 13.0. The smallest absolute Gasteiger partial charge is 0.289 e. The number of halogens is 2. The Bertz CT molecular complexity index is 1570. The number of aromatic nitrogens is 2. The molecule has 0 unspecified atom stereocenters. The fourth-order valence-electron chi connectivity index (χ4n) is 4.49. The summed E-state index contributed by atoms with van der Waals surface area (Å²) in [5, 5.41) is 8.02. The van der Waals surface area contributed by atoms with Gasteiger partial charge in [0.1, 0.15) is 5.82 Å². The normalized spacial score (nSPS) is 14.5. The maximum absolute atomic E-state index is 12.4. The number of benzene rings is 2. The van der Waals surface area contributed by atoms with Gasteiger partial charge in [0, 0.05) is 44.2 Å². The maximum Gasteiger partial charge on any atom is 0.289 e. The van der Waals surface area contributed by atoms with Gasteiger partial charge in [0.15, 0.2) is 23.2 Å². The highest BCUT2D eigenvalue weighted by Gasteiger charge is 2.25. The van der Waals surface area contributed by atoms with E-state index in [9.17, 15) is 4.79 Å². The minimum absolute atomic E-state index is 0.111. The summed E-state index contributed by atoms with van der Waals surface area (Å²) in [7, 11) is 3.14. The Hall–Kier alpha value is -4.42. The number of rotatable bonds is 5. The molecule has 0 radical (unpaired) electrons. The van der Waals surface area contributed by atoms with Gasteiger partial charge in [-0.05, 0) is 30.3 Å². The van der Waals surface area contributed by atoms with Gasteiger partial charge in [0.05, 0.1) is 48.3 Å². The van der Waals surface area contributed by atoms with E-state index in [-0.39, 0.29) is 5.91 Å². The van der Waals surface area contributed by atoms with Crippen LogP contribution in [0.5, 0.6) is 11.5 Å². The lowest BCUT2D eigenvalue weighted by molar-refractivity contribution is 0.0714. The number of furan rings is 1. The molecule has 6 rings (SSSR count). The number of nitrogens with one attached hydrogen (secondary N) is 2. The van der Waals surface area contributed by atoms with Crippen LogP contribution >= 0.6 is 23.2 Å². The Kier molecular flexibility index (Phi) is 9.03. The van der Waals surface area contributed by atoms with E-state index in [1.54, 1.807) is 61.6 Å². The number of anilines is 3. The van der Waals surface area contributed by atoms with Crippen LogP contribution in [-0.2, 0) is 0 Å². The number of carbonyl (C=O) groups excluding carboxylic acids is 1. The molecule has 2 aromatic heterocycles. The first-order chi connectivity index (χ1) is 20.4. The van der Waals surface area contributed by atoms with Crippen molar-refractivity contribution in [3.05, 3.63) is 64.5 Å². The van der Waals surface area contributed by atoms with Crippen LogP contribution in [0, 0.1) is 0 Å². The van der Waals surface area contributed by atoms with Crippen molar-refractivity contribution >= 4 is 63.4 Å². The lowest BCUT2D eigenvalue weighted by Gasteiger charge is -2.34. The monoisotopic (exact) mass is 612 g/mol. The second-order valence-corrected chi connectivity index (χ2v) is 10.1. The van der Waals surface area contributed by atoms with E-state index in [1.807, 2.05) is 4.90 Å². The number of guanidine groups is 1. The second-order valence-electron chi connectivity index (χ2n) is 9.27. The standard InChI is InChI=1S/C19H21N5O4.C9H9Cl2N3/c1-26-15-10-12-13(11-16(15)27-2)21-19(22-17(12)20)24-7-5-23(6-8-24)18(25)14-4-3-9-28-14;10-6-2-1-3-7(11)8(6)14-9-12-4-5-13-9/h3-4,9-11H,5-8H2,1-2H3,(H2,20,21,22);1-3H,4-5H2,(H2,12,13,14). The van der Waals surface area contributed by atoms with Crippen LogP contribution in [-0.4, -0.2) is 80.2 Å². The number of para-hydroxylation sites is 1. The number of hydrogen-bond acceptors (Lipinski definition) is 11. The van der Waals surface area contributed by atoms with Gasteiger partial charge in [-0.3, -0.25) is 9.79 Å². The Balaban J connectivity index is 0.000000211. The molecule has 0 bridgehead atoms. The molecule has 12 nitrogen and oxygen atoms in total. The number of piperazine rings is 1. The summed E-state index contributed by atoms with van der Waals surface area (Å²) in [6.07, 6.45) is 1.50. The van der Waals surface area contributed by atoms with E-state index in [2.05, 4.69) is 25.6 Å². The number of aliphatic imine (C=N–C) groups is 1. The van der Waals surface area contributed by atoms with Gasteiger partial charge in [-0.2, -0.15) is 4.98 Å². The number of amides is 1. The van der Waals surface area contributed by atoms with Gasteiger partial charge in [-0.15, -0.1) is 0 Å². The molecule has 0 spiro atoms. The fraction of sp³-hybridized carbons (Fsp3) is 0.286. The molecule has 2 aromatic carbocycles. The SMILES string of the molecule is COc1cc2nc(N3CCN(C(=O)c4ccco4)CC3)nc(N)c2cc1OC.Clc1cccc(Cl)c1NC1=NCCN1. The van der Waals surface area contributed by atoms with Crippen molar-refractivity contribution in [2.24, 2.45) is 4.99 Å². The summed E-state index contributed by atoms with van der Waals surface area (Å²) in [5.74, 6) is 3.01. The third kappa shape index (κ3) is 6.39. The highest BCUT2D eigenvalue weighted by atomic mass is 35.5. The summed E-state index contributed by atoms with van der Waals surface area (Å²) in [6, 6.07) is 12.3. The molecule has 1 amide bonds. The Morgan fingerprint density at radius 3 is 2.36 bits per heavy atom. The molecule has 1 fully saturated rings. The number of nitrogen functional groups attached to an aromatic ring is 1. The number of fused-ring (bicyclic) bond motifs is 1. The predicted octanol–water partition coefficient (Wildman–Crippen LogP) is 4.15. The van der Waals surface area contributed by atoms with E-state index in [0.29, 0.717) is 81.8 Å². The van der Waals surface area contributed by atoms with Gasteiger partial charge in [0.2, 0.25) is 5.95 Å². The van der Waals surface area contributed by atoms with Crippen LogP contribution in [0.4, 0.5) is 17.5 Å². The summed E-state index contributed by atoms with van der Waals surface area (Å²) in [5.41, 5.74) is 7.54. The Morgan fingerprint density at radius 2 is 1.74 bits per heavy atom. The molecule has 4 aromatic rings. The van der Waals surface area contributed by atoms with Gasteiger partial charge in [0.25, 0.3) is 5.91 Å². The third-order valence-electron chi connectivity index (χ3n) is 6.68. The molecule has 4 heterocycles. The van der Waals surface area contributed by atoms with Crippen LogP contribution in [0.2, 0.25) is 10.0 Å². The molecule has 0 aliphatic carbocycles. The number of carbonyl (C=O) groups is 1. The highest BCUT2D eigenvalue weighted by molar-refractivity contribution is 6.39. The average molecular weight is 614 g/mol. The average Bonchev–Trinajstić information content (AvgIpc) is 3.74. The molecule has 14 heteroatoms. The van der Waals surface area contributed by atoms with E-state index < -0.39 is 0 Å². The molecular weight excluding hydrogens is 583 g/mol. The number of hydrogen-bond donors (Lipinski definition) is 3. The van der Waals surface area contributed by atoms with Crippen LogP contribution in [0.25, 0.3) is 10.9 Å². The van der Waals surface area contributed by atoms with Crippen LogP contribution in [0.3, 0.4) is 0 Å². The van der Waals surface area contributed by atoms with Crippen LogP contribution in [0.1, 0.15) is 10.6 Å². The number of ether oxygens (including phenoxy) is 2. The minimum Gasteiger partial charge on any atom is -0.493 e. The topological polar surface area (TPSA) is 143 Å². The van der Waals surface area contributed by atoms with E-state index >= 15 is 0 Å². The van der Waals surface area contributed by atoms with Crippen molar-refractivity contribution in [1.82, 2.24) is 20.2 Å². The molecule has 0 saturated carbocycles. The lowest BCUT2D eigenvalue weighted by Crippen LogP contribution is -2.49. The first-order valence-corrected chi connectivity index (χ1v) is 13.9. The zero-order valence-electron chi connectivity index (χ0n) is 23.1. The highest BCUT2D eigenvalue weighted by Crippen LogP contribution is 2.34. The molecule has 220 valence electrons. The van der Waals surface area contributed by atoms with Crippen molar-refractivity contribution in [1.29, 1.82) is 0 Å². The maximum atomic E-state index is 12.4. The zero-order valence-corrected chi connectivity index (χ0v) is 24.6. The largest absolute Gasteiger partial charge is 0.493 e. The molecule has 0 atom stereocenters. The number of methoxy groups -OCH3 is 2. The van der Waals surface area contributed by atoms with Crippen LogP contribution in [0.15, 0.2) is 58.1 Å². The molecular formula is C28H30Cl2N8O4. The first-order valence-electron chi connectivity index (χ1n) is 13.1. The summed E-state index contributed by atoms with van der Waals surface area (Å²) in [4.78, 5) is 29.5. The van der Waals surface area contributed by atoms with E-state index in [0.717, 1.165) is 19.0 Å². The lowest BCUT2D eigenvalue weighted by atomic mass is 10.2. The quantitative estimate of drug-likeness (QED) is 0.300. The molecule has 1 saturated heterocycles. The number of nitrogens with zero attached hydrogens (tertiary/aromatic N) is 5. The van der Waals surface area contributed by atoms with Crippen molar-refractivity contribution in [3.63, 3.8) is 0 Å². The van der Waals surface area contributed by atoms with E-state index in [1.165, 1.54) is 6.26 Å². The molecule has 42 heavy (non-hydrogen) atoms. The van der Waals surface area contributed by atoms with Gasteiger partial charge < -0.3 is 40.1 Å². The molecule has 2 aliphatic rings. The zero-order chi connectivity index (χ0) is 29.6. The molecule has 2 aliphatic heterocycles. The van der Waals surface area contributed by atoms with E-state index in [4.69, 9.17) is 42.8 Å². The van der Waals surface area contributed by atoms with Gasteiger partial charge in [-0.25, -0.2) is 4.98 Å². The van der Waals surface area contributed by atoms with Crippen LogP contribution < -0.4 is 30.7 Å². The fourth-order valence-corrected chi connectivity index (χ4v) is 4.98. The summed E-state index contributed by atoms with van der Waals surface area (Å²) < 4.78 is 15.9.